The van der Waals surface area contributed by atoms with Gasteiger partial charge in [0.1, 0.15) is 6.61 Å². The van der Waals surface area contributed by atoms with E-state index in [0.29, 0.717) is 0 Å². The number of ether oxygens (including phenoxy) is 1. The van der Waals surface area contributed by atoms with E-state index in [9.17, 15) is 19.7 Å². The largest absolute Gasteiger partial charge is 0.370 e. The Bertz CT molecular complexity index is 535. The summed E-state index contributed by atoms with van der Waals surface area (Å²) in [6.45, 7) is -0.0419. The minimum atomic E-state index is -0.622. The lowest BCUT2D eigenvalue weighted by Crippen LogP contribution is -2.29. The number of hydrogen-bond acceptors (Lipinski definition) is 5. The van der Waals surface area contributed by atoms with Gasteiger partial charge in [0.05, 0.1) is 22.1 Å². The van der Waals surface area contributed by atoms with Crippen molar-refractivity contribution < 1.29 is 19.2 Å². The van der Waals surface area contributed by atoms with E-state index in [1.54, 1.807) is 0 Å². The molecule has 1 rings (SSSR count). The monoisotopic (exact) mass is 301 g/mol. The van der Waals surface area contributed by atoms with Gasteiger partial charge in [-0.05, 0) is 6.07 Å². The van der Waals surface area contributed by atoms with Crippen LogP contribution in [0.3, 0.4) is 0 Å². The number of non-ortho nitro benzene ring substituents is 1. The molecule has 108 valence electrons. The van der Waals surface area contributed by atoms with Gasteiger partial charge in [-0.2, -0.15) is 0 Å². The van der Waals surface area contributed by atoms with Crippen molar-refractivity contribution >= 4 is 29.1 Å². The summed E-state index contributed by atoms with van der Waals surface area (Å²) in [6, 6.07) is 3.56. The predicted octanol–water partition coefficient (Wildman–Crippen LogP) is 0.480. The molecule has 8 nitrogen and oxygen atoms in total. The van der Waals surface area contributed by atoms with Crippen LogP contribution in [0.2, 0.25) is 5.02 Å². The Morgan fingerprint density at radius 2 is 2.15 bits per heavy atom. The van der Waals surface area contributed by atoms with Gasteiger partial charge in [-0.15, -0.1) is 0 Å². The Kier molecular flexibility index (Phi) is 5.88. The summed E-state index contributed by atoms with van der Waals surface area (Å²) in [7, 11) is 0. The summed E-state index contributed by atoms with van der Waals surface area (Å²) in [6.07, 6.45) is 0. The first-order valence-electron chi connectivity index (χ1n) is 5.50. The molecule has 9 heteroatoms. The van der Waals surface area contributed by atoms with E-state index in [1.807, 2.05) is 0 Å². The van der Waals surface area contributed by atoms with E-state index >= 15 is 0 Å². The van der Waals surface area contributed by atoms with E-state index in [-0.39, 0.29) is 36.0 Å². The molecule has 0 atom stereocenters. The number of benzene rings is 1. The Morgan fingerprint density at radius 1 is 1.45 bits per heavy atom. The molecule has 0 bridgehead atoms. The first kappa shape index (κ1) is 15.9. The van der Waals surface area contributed by atoms with E-state index in [2.05, 4.69) is 5.32 Å². The van der Waals surface area contributed by atoms with Crippen LogP contribution in [0.25, 0.3) is 0 Å². The molecule has 1 aromatic rings. The van der Waals surface area contributed by atoms with Crippen LogP contribution in [-0.2, 0) is 9.53 Å². The molecule has 0 saturated heterocycles. The third-order valence-corrected chi connectivity index (χ3v) is 2.51. The quantitative estimate of drug-likeness (QED) is 0.430. The molecule has 3 N–H and O–H groups in total. The minimum absolute atomic E-state index is 0.00392. The average Bonchev–Trinajstić information content (AvgIpc) is 2.37. The molecule has 0 unspecified atom stereocenters. The van der Waals surface area contributed by atoms with Crippen molar-refractivity contribution in [2.45, 2.75) is 0 Å². The maximum absolute atomic E-state index is 11.8. The fourth-order valence-electron chi connectivity index (χ4n) is 1.31. The highest BCUT2D eigenvalue weighted by Crippen LogP contribution is 2.21. The molecular formula is C11H12ClN3O5. The van der Waals surface area contributed by atoms with Gasteiger partial charge in [0.15, 0.2) is 0 Å². The van der Waals surface area contributed by atoms with Crippen molar-refractivity contribution in [3.05, 3.63) is 38.9 Å². The standard InChI is InChI=1S/C11H12ClN3O5/c12-9-2-1-7(15(18)19)5-8(9)11(17)14-3-4-20-6-10(13)16/h1-2,5H,3-4,6H2,(H2,13,16)(H,14,17). The zero-order chi connectivity index (χ0) is 15.1. The van der Waals surface area contributed by atoms with E-state index in [0.717, 1.165) is 6.07 Å². The summed E-state index contributed by atoms with van der Waals surface area (Å²) >= 11 is 5.80. The average molecular weight is 302 g/mol. The number of amides is 2. The van der Waals surface area contributed by atoms with E-state index < -0.39 is 16.7 Å². The van der Waals surface area contributed by atoms with E-state index in [4.69, 9.17) is 22.1 Å². The minimum Gasteiger partial charge on any atom is -0.370 e. The highest BCUT2D eigenvalue weighted by atomic mass is 35.5. The van der Waals surface area contributed by atoms with Crippen molar-refractivity contribution in [2.24, 2.45) is 5.73 Å². The Hall–Kier alpha value is -2.19. The highest BCUT2D eigenvalue weighted by Gasteiger charge is 2.15. The van der Waals surface area contributed by atoms with Crippen LogP contribution < -0.4 is 11.1 Å². The fourth-order valence-corrected chi connectivity index (χ4v) is 1.51. The van der Waals surface area contributed by atoms with Crippen molar-refractivity contribution in [1.29, 1.82) is 0 Å². The summed E-state index contributed by atoms with van der Waals surface area (Å²) in [5, 5.41) is 13.2. The van der Waals surface area contributed by atoms with E-state index in [1.165, 1.54) is 12.1 Å². The molecule has 20 heavy (non-hydrogen) atoms. The van der Waals surface area contributed by atoms with Crippen LogP contribution in [0.5, 0.6) is 0 Å². The number of primary amides is 1. The van der Waals surface area contributed by atoms with Crippen LogP contribution >= 0.6 is 11.6 Å². The number of hydrogen-bond donors (Lipinski definition) is 2. The van der Waals surface area contributed by atoms with Crippen molar-refractivity contribution in [3.8, 4) is 0 Å². The SMILES string of the molecule is NC(=O)COCCNC(=O)c1cc([N+](=O)[O-])ccc1Cl. The summed E-state index contributed by atoms with van der Waals surface area (Å²) in [5.74, 6) is -1.18. The maximum Gasteiger partial charge on any atom is 0.270 e. The smallest absolute Gasteiger partial charge is 0.270 e. The topological polar surface area (TPSA) is 125 Å². The zero-order valence-electron chi connectivity index (χ0n) is 10.3. The van der Waals surface area contributed by atoms with Crippen LogP contribution in [0.4, 0.5) is 5.69 Å². The molecule has 0 aliphatic heterocycles. The zero-order valence-corrected chi connectivity index (χ0v) is 11.1. The second-order valence-corrected chi connectivity index (χ2v) is 4.10. The van der Waals surface area contributed by atoms with Crippen molar-refractivity contribution in [3.63, 3.8) is 0 Å². The third kappa shape index (κ3) is 4.82. The summed E-state index contributed by atoms with van der Waals surface area (Å²) in [5.41, 5.74) is 4.62. The third-order valence-electron chi connectivity index (χ3n) is 2.18. The molecule has 2 amide bonds. The molecule has 0 heterocycles. The number of nitrogens with two attached hydrogens (primary N) is 1. The molecular weight excluding hydrogens is 290 g/mol. The molecule has 0 fully saturated rings. The van der Waals surface area contributed by atoms with Gasteiger partial charge in [0, 0.05) is 18.7 Å². The van der Waals surface area contributed by atoms with Crippen LogP contribution in [-0.4, -0.2) is 36.5 Å². The summed E-state index contributed by atoms with van der Waals surface area (Å²) < 4.78 is 4.84. The van der Waals surface area contributed by atoms with Crippen molar-refractivity contribution in [2.75, 3.05) is 19.8 Å². The number of nitrogens with zero attached hydrogens (tertiary/aromatic N) is 1. The fraction of sp³-hybridized carbons (Fsp3) is 0.273. The molecule has 0 aliphatic carbocycles. The Labute approximate surface area is 119 Å². The first-order valence-corrected chi connectivity index (χ1v) is 5.88. The van der Waals surface area contributed by atoms with Gasteiger partial charge in [-0.1, -0.05) is 11.6 Å². The van der Waals surface area contributed by atoms with Gasteiger partial charge in [0.2, 0.25) is 5.91 Å². The normalized spacial score (nSPS) is 10.1. The van der Waals surface area contributed by atoms with Gasteiger partial charge in [-0.3, -0.25) is 19.7 Å². The maximum atomic E-state index is 11.8. The number of carbonyl (C=O) groups excluding carboxylic acids is 2. The molecule has 0 aromatic heterocycles. The predicted molar refractivity (Wildman–Crippen MR) is 70.5 cm³/mol. The number of nitrogens with one attached hydrogen (secondary N) is 1. The molecule has 0 spiro atoms. The lowest BCUT2D eigenvalue weighted by molar-refractivity contribution is -0.384. The van der Waals surface area contributed by atoms with Crippen LogP contribution in [0, 0.1) is 10.1 Å². The Morgan fingerprint density at radius 3 is 2.75 bits per heavy atom. The first-order chi connectivity index (χ1) is 9.41. The number of nitro benzene ring substituents is 1. The second kappa shape index (κ2) is 7.41. The lowest BCUT2D eigenvalue weighted by Gasteiger charge is -2.06. The Balaban J connectivity index is 2.57. The molecule has 1 aromatic carbocycles. The number of halogens is 1. The van der Waals surface area contributed by atoms with Crippen LogP contribution in [0.1, 0.15) is 10.4 Å². The van der Waals surface area contributed by atoms with Gasteiger partial charge in [0.25, 0.3) is 11.6 Å². The molecule has 0 aliphatic rings. The number of rotatable bonds is 7. The second-order valence-electron chi connectivity index (χ2n) is 3.70. The lowest BCUT2D eigenvalue weighted by atomic mass is 10.2. The van der Waals surface area contributed by atoms with Crippen molar-refractivity contribution in [1.82, 2.24) is 5.32 Å². The van der Waals surface area contributed by atoms with Gasteiger partial charge in [-0.25, -0.2) is 0 Å². The van der Waals surface area contributed by atoms with Gasteiger partial charge >= 0.3 is 0 Å². The number of carbonyl (C=O) groups is 2. The van der Waals surface area contributed by atoms with Crippen LogP contribution in [0.15, 0.2) is 18.2 Å². The molecule has 0 saturated carbocycles. The number of nitro groups is 1. The van der Waals surface area contributed by atoms with Gasteiger partial charge < -0.3 is 15.8 Å². The highest BCUT2D eigenvalue weighted by molar-refractivity contribution is 6.33. The summed E-state index contributed by atoms with van der Waals surface area (Å²) in [4.78, 5) is 32.2. The molecule has 0 radical (unpaired) electrons.